The summed E-state index contributed by atoms with van der Waals surface area (Å²) in [7, 11) is 0. The van der Waals surface area contributed by atoms with Crippen LogP contribution >= 0.6 is 0 Å². The Kier molecular flexibility index (Phi) is 3.89. The van der Waals surface area contributed by atoms with Gasteiger partial charge < -0.3 is 4.90 Å². The lowest BCUT2D eigenvalue weighted by Crippen LogP contribution is -2.35. The Morgan fingerprint density at radius 1 is 1.04 bits per heavy atom. The number of anilines is 1. The van der Waals surface area contributed by atoms with Crippen LogP contribution in [-0.2, 0) is 12.8 Å². The Morgan fingerprint density at radius 3 is 2.83 bits per heavy atom. The van der Waals surface area contributed by atoms with E-state index in [1.165, 1.54) is 0 Å². The Bertz CT molecular complexity index is 813. The summed E-state index contributed by atoms with van der Waals surface area (Å²) in [6, 6.07) is 9.40. The van der Waals surface area contributed by atoms with Crippen molar-refractivity contribution in [2.75, 3.05) is 11.4 Å². The Morgan fingerprint density at radius 2 is 1.92 bits per heavy atom. The third-order valence-electron chi connectivity index (χ3n) is 4.95. The van der Waals surface area contributed by atoms with Gasteiger partial charge in [0.05, 0.1) is 11.4 Å². The van der Waals surface area contributed by atoms with Crippen molar-refractivity contribution in [3.63, 3.8) is 0 Å². The van der Waals surface area contributed by atoms with E-state index in [9.17, 15) is 9.59 Å². The molecule has 1 amide bonds. The molecule has 4 heteroatoms. The quantitative estimate of drug-likeness (QED) is 0.755. The van der Waals surface area contributed by atoms with Gasteiger partial charge in [-0.3, -0.25) is 14.6 Å². The molecule has 0 saturated heterocycles. The van der Waals surface area contributed by atoms with Gasteiger partial charge in [0.1, 0.15) is 0 Å². The third-order valence-corrected chi connectivity index (χ3v) is 4.95. The van der Waals surface area contributed by atoms with E-state index in [0.717, 1.165) is 54.6 Å². The molecule has 1 aliphatic carbocycles. The van der Waals surface area contributed by atoms with Crippen molar-refractivity contribution >= 4 is 17.4 Å². The molecule has 0 fully saturated rings. The molecular weight excluding hydrogens is 300 g/mol. The predicted octanol–water partition coefficient (Wildman–Crippen LogP) is 3.58. The molecule has 1 aliphatic heterocycles. The van der Waals surface area contributed by atoms with Crippen molar-refractivity contribution in [1.29, 1.82) is 0 Å². The van der Waals surface area contributed by atoms with Gasteiger partial charge in [0.2, 0.25) is 0 Å². The maximum atomic E-state index is 13.0. The van der Waals surface area contributed by atoms with Crippen LogP contribution in [0.2, 0.25) is 0 Å². The van der Waals surface area contributed by atoms with E-state index in [1.54, 1.807) is 12.3 Å². The smallest absolute Gasteiger partial charge is 0.258 e. The topological polar surface area (TPSA) is 50.3 Å². The first-order valence-electron chi connectivity index (χ1n) is 8.66. The lowest BCUT2D eigenvalue weighted by molar-refractivity contribution is 0.0972. The van der Waals surface area contributed by atoms with E-state index in [0.29, 0.717) is 18.5 Å². The molecule has 0 atom stereocenters. The summed E-state index contributed by atoms with van der Waals surface area (Å²) in [5.74, 6) is 0.206. The van der Waals surface area contributed by atoms with Gasteiger partial charge in [-0.05, 0) is 61.9 Å². The van der Waals surface area contributed by atoms with Crippen molar-refractivity contribution in [3.8, 4) is 0 Å². The Labute approximate surface area is 141 Å². The van der Waals surface area contributed by atoms with Crippen LogP contribution in [0.4, 0.5) is 5.69 Å². The number of pyridine rings is 1. The van der Waals surface area contributed by atoms with Gasteiger partial charge in [0, 0.05) is 30.3 Å². The van der Waals surface area contributed by atoms with Crippen LogP contribution in [0, 0.1) is 0 Å². The van der Waals surface area contributed by atoms with Crippen molar-refractivity contribution < 1.29 is 9.59 Å². The highest BCUT2D eigenvalue weighted by Crippen LogP contribution is 2.28. The summed E-state index contributed by atoms with van der Waals surface area (Å²) in [6.07, 6.45) is 7.05. The maximum Gasteiger partial charge on any atom is 0.258 e. The van der Waals surface area contributed by atoms with Crippen LogP contribution < -0.4 is 4.90 Å². The van der Waals surface area contributed by atoms with Gasteiger partial charge in [-0.15, -0.1) is 0 Å². The fourth-order valence-electron chi connectivity index (χ4n) is 3.70. The van der Waals surface area contributed by atoms with Gasteiger partial charge in [-0.1, -0.05) is 6.07 Å². The van der Waals surface area contributed by atoms with Gasteiger partial charge in [0.25, 0.3) is 5.91 Å². The van der Waals surface area contributed by atoms with E-state index in [4.69, 9.17) is 0 Å². The largest absolute Gasteiger partial charge is 0.307 e. The predicted molar refractivity (Wildman–Crippen MR) is 92.6 cm³/mol. The molecule has 2 heterocycles. The number of rotatable bonds is 1. The van der Waals surface area contributed by atoms with Crippen LogP contribution in [0.3, 0.4) is 0 Å². The van der Waals surface area contributed by atoms with Crippen molar-refractivity contribution in [2.45, 2.75) is 38.5 Å². The second-order valence-corrected chi connectivity index (χ2v) is 6.53. The van der Waals surface area contributed by atoms with E-state index < -0.39 is 0 Å². The highest BCUT2D eigenvalue weighted by molar-refractivity contribution is 6.07. The molecule has 0 spiro atoms. The highest BCUT2D eigenvalue weighted by atomic mass is 16.2. The number of fused-ring (bicyclic) bond motifs is 2. The normalized spacial score (nSPS) is 17.0. The average Bonchev–Trinajstić information content (AvgIpc) is 2.82. The average molecular weight is 320 g/mol. The number of aryl methyl sites for hydroxylation is 2. The van der Waals surface area contributed by atoms with Crippen molar-refractivity contribution in [1.82, 2.24) is 4.98 Å². The van der Waals surface area contributed by atoms with E-state index >= 15 is 0 Å². The molecule has 4 rings (SSSR count). The maximum absolute atomic E-state index is 13.0. The summed E-state index contributed by atoms with van der Waals surface area (Å²) in [4.78, 5) is 31.4. The summed E-state index contributed by atoms with van der Waals surface area (Å²) in [6.45, 7) is 0.716. The number of carbonyl (C=O) groups is 2. The molecule has 2 aliphatic rings. The van der Waals surface area contributed by atoms with Gasteiger partial charge in [0.15, 0.2) is 5.78 Å². The van der Waals surface area contributed by atoms with Crippen LogP contribution in [0.1, 0.15) is 57.7 Å². The number of Topliss-reactive ketones (excluding diaryl/α,β-unsaturated/α-hetero) is 1. The molecule has 2 aromatic rings. The number of carbonyl (C=O) groups excluding carboxylic acids is 2. The number of aromatic nitrogens is 1. The minimum Gasteiger partial charge on any atom is -0.307 e. The molecule has 24 heavy (non-hydrogen) atoms. The molecule has 1 aromatic carbocycles. The van der Waals surface area contributed by atoms with Gasteiger partial charge in [-0.2, -0.15) is 0 Å². The molecule has 122 valence electrons. The summed E-state index contributed by atoms with van der Waals surface area (Å²) in [5.41, 5.74) is 4.39. The number of ketones is 1. The third kappa shape index (κ3) is 2.62. The zero-order valence-electron chi connectivity index (χ0n) is 13.6. The molecule has 1 aromatic heterocycles. The first-order chi connectivity index (χ1) is 11.7. The summed E-state index contributed by atoms with van der Waals surface area (Å²) >= 11 is 0. The van der Waals surface area contributed by atoms with Crippen molar-refractivity contribution in [2.24, 2.45) is 0 Å². The zero-order chi connectivity index (χ0) is 16.5. The molecule has 4 nitrogen and oxygen atoms in total. The molecule has 0 N–H and O–H groups in total. The van der Waals surface area contributed by atoms with E-state index in [1.807, 2.05) is 29.2 Å². The molecular formula is C20H20N2O2. The van der Waals surface area contributed by atoms with E-state index in [-0.39, 0.29) is 11.7 Å². The van der Waals surface area contributed by atoms with Crippen molar-refractivity contribution in [3.05, 3.63) is 58.9 Å². The monoisotopic (exact) mass is 320 g/mol. The van der Waals surface area contributed by atoms with Gasteiger partial charge in [-0.25, -0.2) is 0 Å². The SMILES string of the molecule is O=C1CCCCc2cc(C(=O)N3CCCc4ncccc43)ccc21. The second-order valence-electron chi connectivity index (χ2n) is 6.53. The fraction of sp³-hybridized carbons (Fsp3) is 0.350. The zero-order valence-corrected chi connectivity index (χ0v) is 13.6. The standard InChI is InChI=1S/C20H20N2O2/c23-19-8-2-1-5-14-13-15(9-10-16(14)19)20(24)22-12-4-6-17-18(22)7-3-11-21-17/h3,7,9-11,13H,1-2,4-6,8,12H2. The second kappa shape index (κ2) is 6.19. The van der Waals surface area contributed by atoms with Crippen LogP contribution in [0.15, 0.2) is 36.5 Å². The highest BCUT2D eigenvalue weighted by Gasteiger charge is 2.25. The fourth-order valence-corrected chi connectivity index (χ4v) is 3.70. The van der Waals surface area contributed by atoms with Crippen LogP contribution in [-0.4, -0.2) is 23.2 Å². The number of hydrogen-bond acceptors (Lipinski definition) is 3. The number of benzene rings is 1. The summed E-state index contributed by atoms with van der Waals surface area (Å²) < 4.78 is 0. The molecule has 0 radical (unpaired) electrons. The summed E-state index contributed by atoms with van der Waals surface area (Å²) in [5, 5.41) is 0. The molecule has 0 bridgehead atoms. The van der Waals surface area contributed by atoms with Gasteiger partial charge >= 0.3 is 0 Å². The number of nitrogens with zero attached hydrogens (tertiary/aromatic N) is 2. The number of hydrogen-bond donors (Lipinski definition) is 0. The Hall–Kier alpha value is -2.49. The van der Waals surface area contributed by atoms with Crippen LogP contribution in [0.25, 0.3) is 0 Å². The Balaban J connectivity index is 1.69. The first kappa shape index (κ1) is 15.1. The minimum atomic E-state index is 0.00319. The minimum absolute atomic E-state index is 0.00319. The van der Waals surface area contributed by atoms with E-state index in [2.05, 4.69) is 4.98 Å². The van der Waals surface area contributed by atoms with Crippen LogP contribution in [0.5, 0.6) is 0 Å². The molecule has 0 unspecified atom stereocenters. The first-order valence-corrected chi connectivity index (χ1v) is 8.66. The number of amides is 1. The lowest BCUT2D eigenvalue weighted by atomic mass is 9.98. The molecule has 0 saturated carbocycles. The lowest BCUT2D eigenvalue weighted by Gasteiger charge is -2.28.